The number of ether oxygens (including phenoxy) is 1. The van der Waals surface area contributed by atoms with Crippen LogP contribution in [0, 0.1) is 0 Å². The summed E-state index contributed by atoms with van der Waals surface area (Å²) in [7, 11) is 1.69. The average Bonchev–Trinajstić information content (AvgIpc) is 2.84. The molecule has 0 saturated carbocycles. The fraction of sp³-hybridized carbons (Fsp3) is 0.207. The Kier molecular flexibility index (Phi) is 6.47. The Bertz CT molecular complexity index is 1090. The van der Waals surface area contributed by atoms with Crippen molar-refractivity contribution in [3.63, 3.8) is 0 Å². The Morgan fingerprint density at radius 2 is 1.58 bits per heavy atom. The van der Waals surface area contributed by atoms with Crippen LogP contribution in [-0.2, 0) is 0 Å². The zero-order valence-corrected chi connectivity index (χ0v) is 18.2. The maximum Gasteiger partial charge on any atom is 0.159 e. The Morgan fingerprint density at radius 3 is 2.16 bits per heavy atom. The maximum atomic E-state index is 11.6. The number of hydrogen-bond acceptors (Lipinski definition) is 2. The highest BCUT2D eigenvalue weighted by atomic mass is 16.5. The van der Waals surface area contributed by atoms with Gasteiger partial charge in [-0.05, 0) is 78.1 Å². The van der Waals surface area contributed by atoms with Crippen LogP contribution in [0.5, 0.6) is 5.75 Å². The monoisotopic (exact) mass is 408 g/mol. The first kappa shape index (κ1) is 20.9. The third kappa shape index (κ3) is 5.03. The predicted molar refractivity (Wildman–Crippen MR) is 128 cm³/mol. The lowest BCUT2D eigenvalue weighted by Crippen LogP contribution is -2.05. The molecule has 0 saturated heterocycles. The molecule has 0 radical (unpaired) electrons. The third-order valence-electron chi connectivity index (χ3n) is 6.06. The lowest BCUT2D eigenvalue weighted by Gasteiger charge is -2.24. The van der Waals surface area contributed by atoms with Crippen LogP contribution in [0.4, 0.5) is 0 Å². The van der Waals surface area contributed by atoms with Crippen molar-refractivity contribution in [1.29, 1.82) is 0 Å². The Labute approximate surface area is 184 Å². The molecule has 0 N–H and O–H groups in total. The zero-order valence-electron chi connectivity index (χ0n) is 18.2. The molecule has 1 atom stereocenters. The van der Waals surface area contributed by atoms with Crippen LogP contribution in [0.3, 0.4) is 0 Å². The molecule has 1 aliphatic rings. The lowest BCUT2D eigenvalue weighted by atomic mass is 9.81. The standard InChI is InChI=1S/C29H28O2/c1-21(30)23-10-8-22(9-11-23)20-29(27-16-18-28(31-2)19-17-27)26-14-12-25(13-15-26)24-6-4-3-5-7-24/h3-11,14,16-20,25H,12-13,15H2,1-2H3/b29-20+. The van der Waals surface area contributed by atoms with E-state index < -0.39 is 0 Å². The number of carbonyl (C=O) groups excluding carboxylic acids is 1. The Morgan fingerprint density at radius 1 is 0.903 bits per heavy atom. The minimum Gasteiger partial charge on any atom is -0.497 e. The molecular formula is C29H28O2. The summed E-state index contributed by atoms with van der Waals surface area (Å²) in [6.45, 7) is 1.60. The lowest BCUT2D eigenvalue weighted by molar-refractivity contribution is 0.101. The van der Waals surface area contributed by atoms with Gasteiger partial charge in [-0.15, -0.1) is 0 Å². The van der Waals surface area contributed by atoms with Crippen molar-refractivity contribution in [2.75, 3.05) is 7.11 Å². The SMILES string of the molecule is COc1ccc(/C(=C/c2ccc(C(C)=O)cc2)C2=CCC(c3ccccc3)CC2)cc1. The van der Waals surface area contributed by atoms with E-state index in [2.05, 4.69) is 54.6 Å². The summed E-state index contributed by atoms with van der Waals surface area (Å²) < 4.78 is 5.35. The summed E-state index contributed by atoms with van der Waals surface area (Å²) in [5, 5.41) is 0. The van der Waals surface area contributed by atoms with E-state index in [-0.39, 0.29) is 5.78 Å². The highest BCUT2D eigenvalue weighted by Gasteiger charge is 2.19. The first-order chi connectivity index (χ1) is 15.1. The number of methoxy groups -OCH3 is 1. The number of rotatable bonds is 6. The number of ketones is 1. The fourth-order valence-corrected chi connectivity index (χ4v) is 4.22. The predicted octanol–water partition coefficient (Wildman–Crippen LogP) is 7.33. The van der Waals surface area contributed by atoms with Crippen LogP contribution in [0.1, 0.15) is 59.2 Å². The van der Waals surface area contributed by atoms with Crippen molar-refractivity contribution in [3.05, 3.63) is 113 Å². The number of benzene rings is 3. The quantitative estimate of drug-likeness (QED) is 0.315. The van der Waals surface area contributed by atoms with Crippen LogP contribution in [0.2, 0.25) is 0 Å². The smallest absolute Gasteiger partial charge is 0.159 e. The molecule has 31 heavy (non-hydrogen) atoms. The van der Waals surface area contributed by atoms with Gasteiger partial charge in [-0.1, -0.05) is 72.8 Å². The molecule has 0 amide bonds. The minimum atomic E-state index is 0.0906. The van der Waals surface area contributed by atoms with E-state index in [1.54, 1.807) is 14.0 Å². The van der Waals surface area contributed by atoms with Crippen LogP contribution >= 0.6 is 0 Å². The topological polar surface area (TPSA) is 26.3 Å². The molecule has 0 aromatic heterocycles. The molecule has 0 aliphatic heterocycles. The van der Waals surface area contributed by atoms with Gasteiger partial charge >= 0.3 is 0 Å². The molecule has 0 bridgehead atoms. The second-order valence-corrected chi connectivity index (χ2v) is 8.08. The van der Waals surface area contributed by atoms with E-state index in [0.29, 0.717) is 5.92 Å². The molecule has 2 nitrogen and oxygen atoms in total. The molecule has 4 rings (SSSR count). The summed E-state index contributed by atoms with van der Waals surface area (Å²) in [6.07, 6.45) is 7.88. The Balaban J connectivity index is 1.67. The molecule has 2 heteroatoms. The van der Waals surface area contributed by atoms with E-state index >= 15 is 0 Å². The molecular weight excluding hydrogens is 380 g/mol. The van der Waals surface area contributed by atoms with E-state index in [9.17, 15) is 4.79 Å². The highest BCUT2D eigenvalue weighted by molar-refractivity contribution is 5.95. The number of hydrogen-bond donors (Lipinski definition) is 0. The van der Waals surface area contributed by atoms with Crippen LogP contribution in [-0.4, -0.2) is 12.9 Å². The molecule has 3 aromatic rings. The number of carbonyl (C=O) groups is 1. The van der Waals surface area contributed by atoms with Gasteiger partial charge in [0, 0.05) is 5.56 Å². The Hall–Kier alpha value is -3.39. The third-order valence-corrected chi connectivity index (χ3v) is 6.06. The second-order valence-electron chi connectivity index (χ2n) is 8.08. The van der Waals surface area contributed by atoms with Crippen molar-refractivity contribution in [1.82, 2.24) is 0 Å². The molecule has 1 unspecified atom stereocenters. The molecule has 1 aliphatic carbocycles. The summed E-state index contributed by atoms with van der Waals surface area (Å²) >= 11 is 0. The van der Waals surface area contributed by atoms with E-state index in [1.165, 1.54) is 22.3 Å². The van der Waals surface area contributed by atoms with Gasteiger partial charge in [0.2, 0.25) is 0 Å². The molecule has 0 spiro atoms. The number of allylic oxidation sites excluding steroid dienone is 3. The van der Waals surface area contributed by atoms with E-state index in [1.807, 2.05) is 36.4 Å². The molecule has 156 valence electrons. The molecule has 3 aromatic carbocycles. The van der Waals surface area contributed by atoms with Gasteiger partial charge < -0.3 is 4.74 Å². The van der Waals surface area contributed by atoms with Gasteiger partial charge in [0.1, 0.15) is 5.75 Å². The normalized spacial score (nSPS) is 16.5. The average molecular weight is 409 g/mol. The van der Waals surface area contributed by atoms with Crippen molar-refractivity contribution in [2.45, 2.75) is 32.1 Å². The zero-order chi connectivity index (χ0) is 21.6. The summed E-state index contributed by atoms with van der Waals surface area (Å²) in [5.74, 6) is 1.53. The van der Waals surface area contributed by atoms with Crippen molar-refractivity contribution < 1.29 is 9.53 Å². The van der Waals surface area contributed by atoms with Crippen molar-refractivity contribution in [3.8, 4) is 5.75 Å². The summed E-state index contributed by atoms with van der Waals surface area (Å²) in [4.78, 5) is 11.6. The second kappa shape index (κ2) is 9.61. The van der Waals surface area contributed by atoms with Gasteiger partial charge in [-0.2, -0.15) is 0 Å². The first-order valence-electron chi connectivity index (χ1n) is 10.9. The highest BCUT2D eigenvalue weighted by Crippen LogP contribution is 2.38. The number of Topliss-reactive ketones (excluding diaryl/α,β-unsaturated/α-hetero) is 1. The van der Waals surface area contributed by atoms with E-state index in [4.69, 9.17) is 4.74 Å². The van der Waals surface area contributed by atoms with Crippen LogP contribution in [0.25, 0.3) is 11.6 Å². The summed E-state index contributed by atoms with van der Waals surface area (Å²) in [6, 6.07) is 26.9. The molecule has 0 heterocycles. The summed E-state index contributed by atoms with van der Waals surface area (Å²) in [5.41, 5.74) is 7.07. The van der Waals surface area contributed by atoms with Crippen LogP contribution in [0.15, 0.2) is 90.5 Å². The van der Waals surface area contributed by atoms with Crippen molar-refractivity contribution in [2.24, 2.45) is 0 Å². The minimum absolute atomic E-state index is 0.0906. The first-order valence-corrected chi connectivity index (χ1v) is 10.9. The van der Waals surface area contributed by atoms with Gasteiger partial charge in [0.15, 0.2) is 5.78 Å². The van der Waals surface area contributed by atoms with E-state index in [0.717, 1.165) is 36.1 Å². The van der Waals surface area contributed by atoms with Gasteiger partial charge in [-0.3, -0.25) is 4.79 Å². The van der Waals surface area contributed by atoms with Crippen LogP contribution < -0.4 is 4.74 Å². The largest absolute Gasteiger partial charge is 0.497 e. The van der Waals surface area contributed by atoms with Gasteiger partial charge in [0.05, 0.1) is 7.11 Å². The molecule has 0 fully saturated rings. The fourth-order valence-electron chi connectivity index (χ4n) is 4.22. The van der Waals surface area contributed by atoms with Gasteiger partial charge in [-0.25, -0.2) is 0 Å². The van der Waals surface area contributed by atoms with Crippen molar-refractivity contribution >= 4 is 17.4 Å². The maximum absolute atomic E-state index is 11.6. The van der Waals surface area contributed by atoms with Gasteiger partial charge in [0.25, 0.3) is 0 Å².